The maximum Gasteiger partial charge on any atom is 0.304 e. The number of rotatable bonds is 2. The number of nitrogens with zero attached hydrogens (tertiary/aromatic N) is 3. The van der Waals surface area contributed by atoms with E-state index in [4.69, 9.17) is 11.6 Å². The lowest BCUT2D eigenvalue weighted by atomic mass is 9.79. The Balaban J connectivity index is 1.48. The summed E-state index contributed by atoms with van der Waals surface area (Å²) in [5.74, 6) is 6.69. The number of nitrogen functional groups attached to an aromatic ring is 1. The number of carbonyl (C=O) groups excluding carboxylic acids is 1. The molecule has 8 nitrogen and oxygen atoms in total. The second-order valence-corrected chi connectivity index (χ2v) is 11.1. The van der Waals surface area contributed by atoms with E-state index in [0.29, 0.717) is 30.5 Å². The van der Waals surface area contributed by atoms with Crippen LogP contribution in [0.2, 0.25) is 0 Å². The molecule has 5 aliphatic heterocycles. The molecule has 6 aliphatic rings. The van der Waals surface area contributed by atoms with E-state index >= 15 is 0 Å². The Kier molecular flexibility index (Phi) is 7.65. The lowest BCUT2D eigenvalue weighted by Gasteiger charge is -2.35. The Morgan fingerprint density at radius 1 is 1.00 bits per heavy atom. The second-order valence-electron chi connectivity index (χ2n) is 11.1. The molecule has 0 spiro atoms. The Morgan fingerprint density at radius 2 is 1.81 bits per heavy atom. The van der Waals surface area contributed by atoms with Crippen molar-refractivity contribution in [1.29, 1.82) is 0 Å². The van der Waals surface area contributed by atoms with Crippen LogP contribution in [0.4, 0.5) is 11.5 Å². The number of pyridine rings is 1. The van der Waals surface area contributed by atoms with Crippen LogP contribution in [0, 0.1) is 11.8 Å². The van der Waals surface area contributed by atoms with E-state index in [0.717, 1.165) is 68.2 Å². The minimum Gasteiger partial charge on any atom is -0.481 e. The molecule has 7 bridgehead atoms. The number of amides is 1. The van der Waals surface area contributed by atoms with Gasteiger partial charge in [-0.2, -0.15) is 0 Å². The number of aromatic nitrogens is 1. The standard InChI is InChI=1S/C29H39N5O3/c30-26-15-23-17-32-28(26)34(31)12-3-1-2-4-19-5-7-21(8-6-19)29(37)33-13-11-20-9-10-22(14-24(20)18-33)25(23)16-27(35)36/h9-10,14-15,17,19,21,25H,1-8,11-13,16,18,30-31H2,(H,35,36). The minimum atomic E-state index is -0.885. The minimum absolute atomic E-state index is 0.0719. The molecule has 1 saturated carbocycles. The molecular weight excluding hydrogens is 466 g/mol. The zero-order valence-corrected chi connectivity index (χ0v) is 21.6. The molecule has 1 amide bonds. The summed E-state index contributed by atoms with van der Waals surface area (Å²) in [5, 5.41) is 11.3. The van der Waals surface area contributed by atoms with Crippen LogP contribution >= 0.6 is 0 Å². The average Bonchev–Trinajstić information content (AvgIpc) is 2.90. The van der Waals surface area contributed by atoms with Gasteiger partial charge >= 0.3 is 5.97 Å². The first-order chi connectivity index (χ1) is 17.9. The van der Waals surface area contributed by atoms with E-state index in [-0.39, 0.29) is 18.2 Å². The maximum absolute atomic E-state index is 13.4. The first-order valence-corrected chi connectivity index (χ1v) is 13.8. The van der Waals surface area contributed by atoms with Crippen molar-refractivity contribution in [2.24, 2.45) is 17.7 Å². The highest BCUT2D eigenvalue weighted by Gasteiger charge is 2.31. The van der Waals surface area contributed by atoms with Gasteiger partial charge in [0.25, 0.3) is 0 Å². The molecule has 0 saturated heterocycles. The van der Waals surface area contributed by atoms with E-state index in [1.54, 1.807) is 11.2 Å². The molecule has 1 fully saturated rings. The van der Waals surface area contributed by atoms with E-state index in [1.807, 2.05) is 17.0 Å². The number of aliphatic carboxylic acids is 1. The number of nitrogens with two attached hydrogens (primary N) is 2. The third kappa shape index (κ3) is 5.74. The van der Waals surface area contributed by atoms with Crippen LogP contribution in [0.5, 0.6) is 0 Å². The van der Waals surface area contributed by atoms with Crippen molar-refractivity contribution in [3.8, 4) is 0 Å². The monoisotopic (exact) mass is 505 g/mol. The summed E-state index contributed by atoms with van der Waals surface area (Å²) in [6, 6.07) is 8.00. The summed E-state index contributed by atoms with van der Waals surface area (Å²) < 4.78 is 0. The van der Waals surface area contributed by atoms with Crippen LogP contribution in [-0.2, 0) is 22.6 Å². The molecule has 8 rings (SSSR count). The summed E-state index contributed by atoms with van der Waals surface area (Å²) in [5.41, 5.74) is 10.8. The quantitative estimate of drug-likeness (QED) is 0.522. The zero-order valence-electron chi connectivity index (χ0n) is 21.6. The van der Waals surface area contributed by atoms with E-state index in [2.05, 4.69) is 17.1 Å². The zero-order chi connectivity index (χ0) is 25.9. The molecule has 5 N–H and O–H groups in total. The molecular formula is C29H39N5O3. The van der Waals surface area contributed by atoms with E-state index in [1.165, 1.54) is 18.4 Å². The lowest BCUT2D eigenvalue weighted by Crippen LogP contribution is -2.41. The number of hydrazine groups is 1. The topological polar surface area (TPSA) is 126 Å². The lowest BCUT2D eigenvalue weighted by molar-refractivity contribution is -0.138. The van der Waals surface area contributed by atoms with Gasteiger partial charge in [0.2, 0.25) is 5.91 Å². The Labute approximate surface area is 219 Å². The van der Waals surface area contributed by atoms with Crippen molar-refractivity contribution in [3.05, 3.63) is 52.7 Å². The molecule has 8 heteroatoms. The number of carboxylic acid groups (broad SMARTS) is 1. The summed E-state index contributed by atoms with van der Waals surface area (Å²) in [7, 11) is 0. The van der Waals surface area contributed by atoms with Crippen LogP contribution in [0.1, 0.15) is 86.0 Å². The Hall–Kier alpha value is -3.13. The molecule has 1 unspecified atom stereocenters. The number of benzene rings is 1. The van der Waals surface area contributed by atoms with Crippen molar-refractivity contribution in [3.63, 3.8) is 0 Å². The van der Waals surface area contributed by atoms with Gasteiger partial charge in [0, 0.05) is 37.7 Å². The number of hydrogen-bond acceptors (Lipinski definition) is 6. The van der Waals surface area contributed by atoms with E-state index in [9.17, 15) is 14.7 Å². The fourth-order valence-electron chi connectivity index (χ4n) is 6.46. The highest BCUT2D eigenvalue weighted by atomic mass is 16.4. The van der Waals surface area contributed by atoms with Gasteiger partial charge < -0.3 is 15.7 Å². The number of carbonyl (C=O) groups is 2. The van der Waals surface area contributed by atoms with Crippen LogP contribution in [0.25, 0.3) is 0 Å². The molecule has 198 valence electrons. The molecule has 1 aliphatic carbocycles. The van der Waals surface area contributed by atoms with Gasteiger partial charge in [-0.1, -0.05) is 37.5 Å². The van der Waals surface area contributed by atoms with Crippen LogP contribution in [0.15, 0.2) is 30.5 Å². The highest BCUT2D eigenvalue weighted by Crippen LogP contribution is 2.36. The van der Waals surface area contributed by atoms with Crippen molar-refractivity contribution in [2.45, 2.75) is 76.7 Å². The third-order valence-corrected chi connectivity index (χ3v) is 8.63. The van der Waals surface area contributed by atoms with E-state index < -0.39 is 11.9 Å². The second kappa shape index (κ2) is 11.1. The van der Waals surface area contributed by atoms with Crippen molar-refractivity contribution in [1.82, 2.24) is 9.88 Å². The Morgan fingerprint density at radius 3 is 2.57 bits per heavy atom. The maximum atomic E-state index is 13.4. The average molecular weight is 506 g/mol. The van der Waals surface area contributed by atoms with Gasteiger partial charge in [-0.3, -0.25) is 14.6 Å². The third-order valence-electron chi connectivity index (χ3n) is 8.63. The number of hydrogen-bond donors (Lipinski definition) is 3. The normalized spacial score (nSPS) is 24.8. The van der Waals surface area contributed by atoms with Gasteiger partial charge in [0.15, 0.2) is 5.82 Å². The molecule has 1 aromatic heterocycles. The Bertz CT molecular complexity index is 1140. The predicted molar refractivity (Wildman–Crippen MR) is 144 cm³/mol. The molecule has 0 radical (unpaired) electrons. The van der Waals surface area contributed by atoms with Crippen molar-refractivity contribution >= 4 is 23.4 Å². The fraction of sp³-hybridized carbons (Fsp3) is 0.552. The van der Waals surface area contributed by atoms with Crippen LogP contribution in [-0.4, -0.2) is 40.0 Å². The summed E-state index contributed by atoms with van der Waals surface area (Å²) in [6.07, 6.45) is 11.1. The smallest absolute Gasteiger partial charge is 0.304 e. The van der Waals surface area contributed by atoms with Crippen molar-refractivity contribution in [2.75, 3.05) is 23.8 Å². The van der Waals surface area contributed by atoms with Crippen LogP contribution in [0.3, 0.4) is 0 Å². The largest absolute Gasteiger partial charge is 0.481 e. The SMILES string of the molecule is Nc1cc2cnc1N(N)CCCCCC1CCC(CC1)C(=O)N1CCc3ccc(cc3C1)C2CC(=O)O. The molecule has 6 heterocycles. The summed E-state index contributed by atoms with van der Waals surface area (Å²) in [6.45, 7) is 2.00. The number of anilines is 2. The van der Waals surface area contributed by atoms with Crippen molar-refractivity contribution < 1.29 is 14.7 Å². The molecule has 1 atom stereocenters. The predicted octanol–water partition coefficient (Wildman–Crippen LogP) is 4.22. The molecule has 37 heavy (non-hydrogen) atoms. The van der Waals surface area contributed by atoms with Gasteiger partial charge in [0.05, 0.1) is 12.1 Å². The number of carboxylic acids is 1. The van der Waals surface area contributed by atoms with Gasteiger partial charge in [-0.15, -0.1) is 0 Å². The van der Waals surface area contributed by atoms with Gasteiger partial charge in [-0.25, -0.2) is 10.8 Å². The fourth-order valence-corrected chi connectivity index (χ4v) is 6.46. The first-order valence-electron chi connectivity index (χ1n) is 13.8. The van der Waals surface area contributed by atoms with Gasteiger partial charge in [0.1, 0.15) is 0 Å². The van der Waals surface area contributed by atoms with Gasteiger partial charge in [-0.05, 0) is 72.8 Å². The molecule has 1 aromatic carbocycles. The molecule has 2 aromatic rings. The summed E-state index contributed by atoms with van der Waals surface area (Å²) in [4.78, 5) is 31.9. The highest BCUT2D eigenvalue weighted by molar-refractivity contribution is 5.79. The summed E-state index contributed by atoms with van der Waals surface area (Å²) >= 11 is 0. The first kappa shape index (κ1) is 25.5. The van der Waals surface area contributed by atoms with Crippen LogP contribution < -0.4 is 16.6 Å².